The maximum atomic E-state index is 6.00. The second-order valence-electron chi connectivity index (χ2n) is 5.52. The van der Waals surface area contributed by atoms with Crippen LogP contribution in [-0.2, 0) is 6.42 Å². The van der Waals surface area contributed by atoms with Gasteiger partial charge in [0, 0.05) is 6.42 Å². The smallest absolute Gasteiger partial charge is 0.123 e. The summed E-state index contributed by atoms with van der Waals surface area (Å²) in [5.41, 5.74) is 7.49. The van der Waals surface area contributed by atoms with Gasteiger partial charge in [0.2, 0.25) is 0 Å². The van der Waals surface area contributed by atoms with Crippen molar-refractivity contribution in [1.82, 2.24) is 0 Å². The molecular weight excluding hydrogens is 210 g/mol. The molecule has 17 heavy (non-hydrogen) atoms. The van der Waals surface area contributed by atoms with Crippen molar-refractivity contribution in [2.75, 3.05) is 6.54 Å². The van der Waals surface area contributed by atoms with Gasteiger partial charge in [0.05, 0.1) is 0 Å². The van der Waals surface area contributed by atoms with Crippen molar-refractivity contribution in [3.05, 3.63) is 29.8 Å². The largest absolute Gasteiger partial charge is 0.490 e. The van der Waals surface area contributed by atoms with Crippen LogP contribution < -0.4 is 10.5 Å². The van der Waals surface area contributed by atoms with Crippen molar-refractivity contribution in [2.45, 2.75) is 45.6 Å². The van der Waals surface area contributed by atoms with Crippen LogP contribution in [0.4, 0.5) is 0 Å². The summed E-state index contributed by atoms with van der Waals surface area (Å²) in [5.74, 6) is 1.06. The number of hydrogen-bond acceptors (Lipinski definition) is 2. The molecule has 1 aromatic carbocycles. The molecule has 2 unspecified atom stereocenters. The highest BCUT2D eigenvalue weighted by Gasteiger charge is 2.31. The monoisotopic (exact) mass is 233 g/mol. The highest BCUT2D eigenvalue weighted by Crippen LogP contribution is 2.35. The first-order valence-corrected chi connectivity index (χ1v) is 6.61. The van der Waals surface area contributed by atoms with Gasteiger partial charge in [-0.3, -0.25) is 0 Å². The van der Waals surface area contributed by atoms with E-state index in [-0.39, 0.29) is 5.41 Å². The summed E-state index contributed by atoms with van der Waals surface area (Å²) in [6.07, 6.45) is 4.78. The molecule has 1 heterocycles. The van der Waals surface area contributed by atoms with Crippen molar-refractivity contribution < 1.29 is 4.74 Å². The second kappa shape index (κ2) is 5.09. The molecule has 1 aliphatic rings. The van der Waals surface area contributed by atoms with E-state index in [0.29, 0.717) is 6.10 Å². The molecule has 0 aromatic heterocycles. The molecule has 0 saturated carbocycles. The Morgan fingerprint density at radius 1 is 1.41 bits per heavy atom. The lowest BCUT2D eigenvalue weighted by Crippen LogP contribution is -2.33. The van der Waals surface area contributed by atoms with Crippen LogP contribution in [0.15, 0.2) is 24.3 Å². The molecule has 2 rings (SSSR count). The Morgan fingerprint density at radius 2 is 2.18 bits per heavy atom. The normalized spacial score (nSPS) is 21.7. The molecule has 0 amide bonds. The first kappa shape index (κ1) is 12.4. The number of fused-ring (bicyclic) bond motifs is 1. The summed E-state index contributed by atoms with van der Waals surface area (Å²) in [5, 5.41) is 0. The Bertz CT molecular complexity index is 352. The summed E-state index contributed by atoms with van der Waals surface area (Å²) in [6, 6.07) is 8.35. The molecule has 0 fully saturated rings. The summed E-state index contributed by atoms with van der Waals surface area (Å²) in [4.78, 5) is 0. The maximum Gasteiger partial charge on any atom is 0.123 e. The van der Waals surface area contributed by atoms with Gasteiger partial charge in [0.15, 0.2) is 0 Å². The maximum absolute atomic E-state index is 6.00. The molecule has 0 bridgehead atoms. The van der Waals surface area contributed by atoms with E-state index in [9.17, 15) is 0 Å². The van der Waals surface area contributed by atoms with Crippen LogP contribution in [0, 0.1) is 5.41 Å². The average Bonchev–Trinajstić information content (AvgIpc) is 2.71. The lowest BCUT2D eigenvalue weighted by Gasteiger charge is -2.30. The molecule has 2 atom stereocenters. The van der Waals surface area contributed by atoms with Crippen LogP contribution in [0.1, 0.15) is 38.7 Å². The van der Waals surface area contributed by atoms with Crippen molar-refractivity contribution in [3.8, 4) is 5.75 Å². The first-order chi connectivity index (χ1) is 8.17. The quantitative estimate of drug-likeness (QED) is 0.848. The number of ether oxygens (including phenoxy) is 1. The predicted octanol–water partition coefficient (Wildman–Crippen LogP) is 3.15. The molecule has 0 saturated heterocycles. The Kier molecular flexibility index (Phi) is 3.72. The van der Waals surface area contributed by atoms with E-state index >= 15 is 0 Å². The third kappa shape index (κ3) is 2.81. The van der Waals surface area contributed by atoms with Crippen LogP contribution in [0.3, 0.4) is 0 Å². The molecular formula is C15H23NO. The highest BCUT2D eigenvalue weighted by molar-refractivity contribution is 5.37. The van der Waals surface area contributed by atoms with Gasteiger partial charge in [0.25, 0.3) is 0 Å². The molecule has 1 aromatic rings. The second-order valence-corrected chi connectivity index (χ2v) is 5.52. The topological polar surface area (TPSA) is 35.2 Å². The fraction of sp³-hybridized carbons (Fsp3) is 0.600. The molecule has 2 nitrogen and oxygen atoms in total. The third-order valence-electron chi connectivity index (χ3n) is 3.78. The number of nitrogens with two attached hydrogens (primary N) is 1. The average molecular weight is 233 g/mol. The lowest BCUT2D eigenvalue weighted by atomic mass is 9.80. The minimum Gasteiger partial charge on any atom is -0.490 e. The Labute approximate surface area is 104 Å². The van der Waals surface area contributed by atoms with Gasteiger partial charge in [0.1, 0.15) is 11.9 Å². The van der Waals surface area contributed by atoms with Gasteiger partial charge in [-0.15, -0.1) is 0 Å². The lowest BCUT2D eigenvalue weighted by molar-refractivity contribution is 0.142. The van der Waals surface area contributed by atoms with Crippen molar-refractivity contribution >= 4 is 0 Å². The minimum atomic E-state index is 0.224. The van der Waals surface area contributed by atoms with Crippen molar-refractivity contribution in [1.29, 1.82) is 0 Å². The summed E-state index contributed by atoms with van der Waals surface area (Å²) in [6.45, 7) is 5.25. The predicted molar refractivity (Wildman–Crippen MR) is 71.2 cm³/mol. The van der Waals surface area contributed by atoms with E-state index in [1.165, 1.54) is 18.4 Å². The molecule has 2 heteroatoms. The number of para-hydroxylation sites is 1. The Hall–Kier alpha value is -1.02. The van der Waals surface area contributed by atoms with Gasteiger partial charge in [-0.2, -0.15) is 0 Å². The fourth-order valence-electron chi connectivity index (χ4n) is 2.81. The van der Waals surface area contributed by atoms with E-state index in [1.54, 1.807) is 0 Å². The number of hydrogen-bond donors (Lipinski definition) is 1. The minimum absolute atomic E-state index is 0.224. The van der Waals surface area contributed by atoms with Crippen LogP contribution in [0.25, 0.3) is 0 Å². The van der Waals surface area contributed by atoms with E-state index < -0.39 is 0 Å². The third-order valence-corrected chi connectivity index (χ3v) is 3.78. The van der Waals surface area contributed by atoms with E-state index in [2.05, 4.69) is 32.0 Å². The number of rotatable bonds is 5. The van der Waals surface area contributed by atoms with Gasteiger partial charge >= 0.3 is 0 Å². The molecule has 2 N–H and O–H groups in total. The SMILES string of the molecule is CCCC(C)(CN)CC1Cc2ccccc2O1. The van der Waals surface area contributed by atoms with E-state index in [4.69, 9.17) is 10.5 Å². The molecule has 94 valence electrons. The summed E-state index contributed by atoms with van der Waals surface area (Å²) < 4.78 is 6.00. The zero-order valence-electron chi connectivity index (χ0n) is 10.9. The van der Waals surface area contributed by atoms with Crippen LogP contribution in [0.5, 0.6) is 5.75 Å². The molecule has 0 radical (unpaired) electrons. The Balaban J connectivity index is 1.99. The van der Waals surface area contributed by atoms with Gasteiger partial charge in [-0.25, -0.2) is 0 Å². The zero-order valence-corrected chi connectivity index (χ0v) is 10.9. The van der Waals surface area contributed by atoms with Gasteiger partial charge in [-0.1, -0.05) is 38.5 Å². The number of benzene rings is 1. The van der Waals surface area contributed by atoms with Gasteiger partial charge < -0.3 is 10.5 Å². The zero-order chi connectivity index (χ0) is 12.3. The van der Waals surface area contributed by atoms with Gasteiger partial charge in [-0.05, 0) is 36.4 Å². The highest BCUT2D eigenvalue weighted by atomic mass is 16.5. The van der Waals surface area contributed by atoms with E-state index in [1.807, 2.05) is 6.07 Å². The van der Waals surface area contributed by atoms with E-state index in [0.717, 1.165) is 25.1 Å². The molecule has 0 aliphatic carbocycles. The molecule has 0 spiro atoms. The van der Waals surface area contributed by atoms with Crippen LogP contribution >= 0.6 is 0 Å². The van der Waals surface area contributed by atoms with Crippen molar-refractivity contribution in [2.24, 2.45) is 11.1 Å². The Morgan fingerprint density at radius 3 is 2.82 bits per heavy atom. The summed E-state index contributed by atoms with van der Waals surface area (Å²) in [7, 11) is 0. The standard InChI is InChI=1S/C15H23NO/c1-3-8-15(2,11-16)10-13-9-12-6-4-5-7-14(12)17-13/h4-7,13H,3,8-11,16H2,1-2H3. The fourth-order valence-corrected chi connectivity index (χ4v) is 2.81. The van der Waals surface area contributed by atoms with Crippen LogP contribution in [-0.4, -0.2) is 12.6 Å². The van der Waals surface area contributed by atoms with Crippen molar-refractivity contribution in [3.63, 3.8) is 0 Å². The summed E-state index contributed by atoms with van der Waals surface area (Å²) >= 11 is 0. The molecule has 1 aliphatic heterocycles. The van der Waals surface area contributed by atoms with Crippen LogP contribution in [0.2, 0.25) is 0 Å². The first-order valence-electron chi connectivity index (χ1n) is 6.61.